The maximum absolute atomic E-state index is 12.9. The second kappa shape index (κ2) is 9.90. The molecule has 2 N–H and O–H groups in total. The lowest BCUT2D eigenvalue weighted by molar-refractivity contribution is -1.07. The summed E-state index contributed by atoms with van der Waals surface area (Å²) in [6.07, 6.45) is -2.08. The Hall–Kier alpha value is -3.73. The molecule has 0 atom stereocenters. The van der Waals surface area contributed by atoms with Crippen molar-refractivity contribution in [3.05, 3.63) is 52.3 Å². The van der Waals surface area contributed by atoms with E-state index in [0.29, 0.717) is 48.0 Å². The highest BCUT2D eigenvalue weighted by Crippen LogP contribution is 2.52. The Morgan fingerprint density at radius 1 is 1.21 bits per heavy atom. The van der Waals surface area contributed by atoms with Crippen LogP contribution in [0, 0.1) is 23.7 Å². The summed E-state index contributed by atoms with van der Waals surface area (Å²) in [5.41, 5.74) is 3.40. The van der Waals surface area contributed by atoms with Gasteiger partial charge in [-0.2, -0.15) is 18.4 Å². The average molecular weight is 611 g/mol. The van der Waals surface area contributed by atoms with Crippen molar-refractivity contribution in [2.45, 2.75) is 51.6 Å². The molecule has 4 fully saturated rings. The molecule has 3 aromatic heterocycles. The highest BCUT2D eigenvalue weighted by molar-refractivity contribution is 7.18. The Bertz CT molecular complexity index is 1780. The summed E-state index contributed by atoms with van der Waals surface area (Å²) in [4.78, 5) is 23.2. The number of quaternary nitrogens is 1. The number of nitrogens with zero attached hydrogens (tertiary/aromatic N) is 6. The molecular weight excluding hydrogens is 579 g/mol. The summed E-state index contributed by atoms with van der Waals surface area (Å²) in [7, 11) is 0. The first-order chi connectivity index (χ1) is 20.5. The van der Waals surface area contributed by atoms with Gasteiger partial charge in [0.15, 0.2) is 6.67 Å². The molecule has 224 valence electrons. The first-order valence-electron chi connectivity index (χ1n) is 14.4. The molecule has 4 aliphatic rings. The van der Waals surface area contributed by atoms with E-state index in [1.165, 1.54) is 11.9 Å². The van der Waals surface area contributed by atoms with Crippen LogP contribution in [-0.2, 0) is 24.4 Å². The van der Waals surface area contributed by atoms with E-state index >= 15 is 0 Å². The molecule has 8 rings (SSSR count). The van der Waals surface area contributed by atoms with E-state index in [2.05, 4.69) is 49.9 Å². The number of thiophene rings is 1. The predicted octanol–water partition coefficient (Wildman–Crippen LogP) is 4.88. The van der Waals surface area contributed by atoms with Crippen LogP contribution in [0.1, 0.15) is 34.5 Å². The van der Waals surface area contributed by atoms with E-state index in [0.717, 1.165) is 64.8 Å². The minimum atomic E-state index is -4.26. The van der Waals surface area contributed by atoms with Crippen LogP contribution in [-0.4, -0.2) is 79.9 Å². The fourth-order valence-corrected chi connectivity index (χ4v) is 8.38. The maximum atomic E-state index is 12.9. The molecule has 0 saturated carbocycles. The summed E-state index contributed by atoms with van der Waals surface area (Å²) in [5.74, 6) is -0.124. The molecule has 2 bridgehead atoms. The first kappa shape index (κ1) is 28.1. The Balaban J connectivity index is 1.00. The van der Waals surface area contributed by atoms with Crippen molar-refractivity contribution < 1.29 is 27.6 Å². The monoisotopic (exact) mass is 610 g/mol. The zero-order valence-corrected chi connectivity index (χ0v) is 24.4. The molecule has 7 heterocycles. The van der Waals surface area contributed by atoms with Gasteiger partial charge < -0.3 is 14.9 Å². The molecule has 13 heteroatoms. The number of nitrogens with one attached hydrogen (secondary N) is 1. The SMILES string of the molecule is Cc1c(CN2CCC(Nc3ncnc4sc(CC(F)(F)F)cc34)CC2)ccc2c1cc(C#N)n2C[N+]12CC(C(=O)O)(C1)C2. The lowest BCUT2D eigenvalue weighted by Gasteiger charge is -2.67. The maximum Gasteiger partial charge on any atom is 0.393 e. The minimum Gasteiger partial charge on any atom is -0.480 e. The topological polar surface area (TPSA) is 107 Å². The summed E-state index contributed by atoms with van der Waals surface area (Å²) in [5, 5.41) is 24.5. The number of fused-ring (bicyclic) bond motifs is 2. The third kappa shape index (κ3) is 4.91. The summed E-state index contributed by atoms with van der Waals surface area (Å²) in [6.45, 7) is 7.11. The number of likely N-dealkylation sites (tertiary alicyclic amines) is 1. The van der Waals surface area contributed by atoms with Crippen LogP contribution in [0.25, 0.3) is 21.1 Å². The number of halogens is 3. The van der Waals surface area contributed by atoms with Crippen LogP contribution in [0.15, 0.2) is 30.6 Å². The molecule has 9 nitrogen and oxygen atoms in total. The number of aryl methyl sites for hydroxylation is 1. The Morgan fingerprint density at radius 3 is 2.63 bits per heavy atom. The van der Waals surface area contributed by atoms with E-state index in [1.54, 1.807) is 6.07 Å². The van der Waals surface area contributed by atoms with Crippen molar-refractivity contribution in [1.82, 2.24) is 19.4 Å². The molecular formula is C30H31F3N7O2S+. The van der Waals surface area contributed by atoms with Gasteiger partial charge in [-0.3, -0.25) is 14.3 Å². The second-order valence-electron chi connectivity index (χ2n) is 12.5. The van der Waals surface area contributed by atoms with E-state index in [9.17, 15) is 28.3 Å². The largest absolute Gasteiger partial charge is 0.480 e. The third-order valence-corrected chi connectivity index (χ3v) is 10.5. The number of carboxylic acids is 1. The van der Waals surface area contributed by atoms with Gasteiger partial charge in [-0.05, 0) is 49.1 Å². The highest BCUT2D eigenvalue weighted by atomic mass is 32.1. The summed E-state index contributed by atoms with van der Waals surface area (Å²) in [6, 6.07) is 10.2. The van der Waals surface area contributed by atoms with Crippen molar-refractivity contribution >= 4 is 44.2 Å². The van der Waals surface area contributed by atoms with Crippen molar-refractivity contribution in [2.24, 2.45) is 5.41 Å². The van der Waals surface area contributed by atoms with E-state index in [1.807, 2.05) is 6.07 Å². The van der Waals surface area contributed by atoms with E-state index in [-0.39, 0.29) is 10.9 Å². The van der Waals surface area contributed by atoms with E-state index < -0.39 is 24.0 Å². The zero-order valence-electron chi connectivity index (χ0n) is 23.6. The molecule has 0 spiro atoms. The quantitative estimate of drug-likeness (QED) is 0.274. The molecule has 1 aromatic carbocycles. The van der Waals surface area contributed by atoms with Crippen LogP contribution < -0.4 is 5.32 Å². The number of alkyl halides is 3. The van der Waals surface area contributed by atoms with Crippen LogP contribution in [0.2, 0.25) is 0 Å². The Morgan fingerprint density at radius 2 is 1.95 bits per heavy atom. The number of hydrogen-bond donors (Lipinski definition) is 2. The lowest BCUT2D eigenvalue weighted by Crippen LogP contribution is -2.88. The Labute approximate surface area is 249 Å². The number of anilines is 1. The van der Waals surface area contributed by atoms with Crippen molar-refractivity contribution in [1.29, 1.82) is 5.26 Å². The molecule has 0 unspecified atom stereocenters. The minimum absolute atomic E-state index is 0.159. The van der Waals surface area contributed by atoms with Gasteiger partial charge in [0.05, 0.1) is 17.3 Å². The van der Waals surface area contributed by atoms with Gasteiger partial charge in [-0.1, -0.05) is 6.07 Å². The van der Waals surface area contributed by atoms with Gasteiger partial charge in [0.1, 0.15) is 48.4 Å². The number of aliphatic carboxylic acids is 1. The number of benzene rings is 1. The number of carbonyl (C=O) groups is 1. The van der Waals surface area contributed by atoms with Crippen LogP contribution in [0.5, 0.6) is 0 Å². The molecule has 0 radical (unpaired) electrons. The normalized spacial score (nSPS) is 24.1. The number of aromatic nitrogens is 3. The lowest BCUT2D eigenvalue weighted by atomic mass is 9.65. The van der Waals surface area contributed by atoms with Crippen molar-refractivity contribution in [3.8, 4) is 6.07 Å². The zero-order chi connectivity index (χ0) is 30.1. The fraction of sp³-hybridized carbons (Fsp3) is 0.467. The first-order valence-corrected chi connectivity index (χ1v) is 15.2. The van der Waals surface area contributed by atoms with Crippen LogP contribution in [0.3, 0.4) is 0 Å². The van der Waals surface area contributed by atoms with Crippen molar-refractivity contribution in [3.63, 3.8) is 0 Å². The molecule has 0 amide bonds. The fourth-order valence-electron chi connectivity index (χ4n) is 7.35. The molecule has 4 aromatic rings. The third-order valence-electron chi connectivity index (χ3n) is 9.47. The van der Waals surface area contributed by atoms with Gasteiger partial charge in [0, 0.05) is 35.9 Å². The number of carboxylic acid groups (broad SMARTS) is 1. The van der Waals surface area contributed by atoms with Gasteiger partial charge in [0.25, 0.3) is 0 Å². The van der Waals surface area contributed by atoms with Gasteiger partial charge in [-0.25, -0.2) is 9.97 Å². The summed E-state index contributed by atoms with van der Waals surface area (Å²) >= 11 is 1.06. The standard InChI is InChI=1S/C30H30F3N7O2S/c1-18-19(2-3-25-23(18)8-21(11-34)39(25)17-40-13-29(14-40,15-40)28(41)42)12-38-6-4-20(5-7-38)37-26-24-9-22(10-30(31,32)33)43-27(24)36-16-35-26/h2-3,8-9,16,20H,4-7,10,12-15,17H2,1H3,(H-,35,36,37,41,42)/p+1. The molecule has 0 aliphatic carbocycles. The van der Waals surface area contributed by atoms with Crippen molar-refractivity contribution in [2.75, 3.05) is 38.0 Å². The van der Waals surface area contributed by atoms with Crippen LogP contribution in [0.4, 0.5) is 19.0 Å². The van der Waals surface area contributed by atoms with Gasteiger partial charge in [0.2, 0.25) is 5.41 Å². The molecule has 43 heavy (non-hydrogen) atoms. The number of piperidine rings is 1. The summed E-state index contributed by atoms with van der Waals surface area (Å²) < 4.78 is 41.5. The predicted molar refractivity (Wildman–Crippen MR) is 155 cm³/mol. The average Bonchev–Trinajstić information content (AvgIpc) is 3.48. The van der Waals surface area contributed by atoms with Crippen LogP contribution >= 0.6 is 11.3 Å². The number of hydrogen-bond acceptors (Lipinski definition) is 7. The highest BCUT2D eigenvalue weighted by Gasteiger charge is 2.75. The molecule has 4 aliphatic heterocycles. The van der Waals surface area contributed by atoms with E-state index in [4.69, 9.17) is 0 Å². The van der Waals surface area contributed by atoms with Gasteiger partial charge in [-0.15, -0.1) is 11.3 Å². The smallest absolute Gasteiger partial charge is 0.393 e. The number of rotatable bonds is 8. The molecule has 4 saturated heterocycles. The Kier molecular flexibility index (Phi) is 6.46. The van der Waals surface area contributed by atoms with Gasteiger partial charge >= 0.3 is 12.1 Å². The number of nitriles is 1. The second-order valence-corrected chi connectivity index (χ2v) is 13.7.